The average Bonchev–Trinajstić information content (AvgIpc) is 2.33. The predicted molar refractivity (Wildman–Crippen MR) is 65.1 cm³/mol. The van der Waals surface area contributed by atoms with Crippen molar-refractivity contribution in [3.05, 3.63) is 35.4 Å². The van der Waals surface area contributed by atoms with Gasteiger partial charge in [-0.2, -0.15) is 0 Å². The van der Waals surface area contributed by atoms with Gasteiger partial charge in [0.25, 0.3) is 0 Å². The van der Waals surface area contributed by atoms with E-state index < -0.39 is 0 Å². The van der Waals surface area contributed by atoms with Crippen molar-refractivity contribution in [3.63, 3.8) is 0 Å². The van der Waals surface area contributed by atoms with E-state index in [1.165, 1.54) is 5.56 Å². The molecule has 2 N–H and O–H groups in total. The minimum absolute atomic E-state index is 0.129. The fourth-order valence-corrected chi connectivity index (χ4v) is 2.10. The van der Waals surface area contributed by atoms with Crippen LogP contribution in [0.1, 0.15) is 18.1 Å². The van der Waals surface area contributed by atoms with Crippen LogP contribution in [0.3, 0.4) is 0 Å². The van der Waals surface area contributed by atoms with Gasteiger partial charge in [-0.05, 0) is 18.1 Å². The van der Waals surface area contributed by atoms with E-state index in [0.29, 0.717) is 6.04 Å². The van der Waals surface area contributed by atoms with Gasteiger partial charge in [-0.15, -0.1) is 0 Å². The second-order valence-corrected chi connectivity index (χ2v) is 4.50. The Labute approximate surface area is 97.1 Å². The van der Waals surface area contributed by atoms with Gasteiger partial charge < -0.3 is 10.4 Å². The lowest BCUT2D eigenvalue weighted by Gasteiger charge is -2.33. The third kappa shape index (κ3) is 2.82. The molecule has 1 saturated heterocycles. The number of nitrogens with one attached hydrogen (secondary N) is 1. The highest BCUT2D eigenvalue weighted by Gasteiger charge is 2.17. The highest BCUT2D eigenvalue weighted by molar-refractivity contribution is 5.22. The molecule has 1 aliphatic heterocycles. The van der Waals surface area contributed by atoms with Crippen LogP contribution in [-0.2, 0) is 13.2 Å². The summed E-state index contributed by atoms with van der Waals surface area (Å²) in [6, 6.07) is 8.83. The van der Waals surface area contributed by atoms with Crippen LogP contribution in [0.25, 0.3) is 0 Å². The molecule has 16 heavy (non-hydrogen) atoms. The van der Waals surface area contributed by atoms with Crippen LogP contribution in [0.2, 0.25) is 0 Å². The van der Waals surface area contributed by atoms with E-state index in [1.807, 2.05) is 12.1 Å². The van der Waals surface area contributed by atoms with Gasteiger partial charge in [0.2, 0.25) is 0 Å². The Kier molecular flexibility index (Phi) is 3.93. The zero-order chi connectivity index (χ0) is 11.4. The van der Waals surface area contributed by atoms with E-state index in [4.69, 9.17) is 5.11 Å². The Balaban J connectivity index is 1.96. The zero-order valence-corrected chi connectivity index (χ0v) is 9.82. The molecule has 1 unspecified atom stereocenters. The van der Waals surface area contributed by atoms with Crippen LogP contribution in [0, 0.1) is 0 Å². The lowest BCUT2D eigenvalue weighted by Crippen LogP contribution is -2.49. The summed E-state index contributed by atoms with van der Waals surface area (Å²) in [6.45, 7) is 6.67. The zero-order valence-electron chi connectivity index (χ0n) is 9.82. The van der Waals surface area contributed by atoms with Gasteiger partial charge in [-0.3, -0.25) is 4.90 Å². The number of aliphatic hydroxyl groups is 1. The third-order valence-corrected chi connectivity index (χ3v) is 3.23. The van der Waals surface area contributed by atoms with Crippen molar-refractivity contribution in [2.75, 3.05) is 19.6 Å². The summed E-state index contributed by atoms with van der Waals surface area (Å²) in [5.41, 5.74) is 2.31. The predicted octanol–water partition coefficient (Wildman–Crippen LogP) is 0.973. The second-order valence-electron chi connectivity index (χ2n) is 4.50. The van der Waals surface area contributed by atoms with Crippen molar-refractivity contribution in [1.29, 1.82) is 0 Å². The summed E-state index contributed by atoms with van der Waals surface area (Å²) in [5.74, 6) is 0. The summed E-state index contributed by atoms with van der Waals surface area (Å²) < 4.78 is 0. The largest absolute Gasteiger partial charge is 0.392 e. The van der Waals surface area contributed by atoms with Crippen LogP contribution >= 0.6 is 0 Å². The van der Waals surface area contributed by atoms with Gasteiger partial charge in [-0.1, -0.05) is 24.3 Å². The SMILES string of the molecule is CC1CNCCN1Cc1ccc(CO)cc1. The van der Waals surface area contributed by atoms with Gasteiger partial charge in [0, 0.05) is 32.2 Å². The van der Waals surface area contributed by atoms with E-state index in [0.717, 1.165) is 31.7 Å². The fraction of sp³-hybridized carbons (Fsp3) is 0.538. The summed E-state index contributed by atoms with van der Waals surface area (Å²) in [6.07, 6.45) is 0. The van der Waals surface area contributed by atoms with Gasteiger partial charge >= 0.3 is 0 Å². The number of nitrogens with zero attached hydrogens (tertiary/aromatic N) is 1. The minimum atomic E-state index is 0.129. The lowest BCUT2D eigenvalue weighted by atomic mass is 10.1. The molecule has 3 nitrogen and oxygen atoms in total. The number of aliphatic hydroxyl groups excluding tert-OH is 1. The fourth-order valence-electron chi connectivity index (χ4n) is 2.10. The topological polar surface area (TPSA) is 35.5 Å². The van der Waals surface area contributed by atoms with Crippen LogP contribution in [0.5, 0.6) is 0 Å². The first-order chi connectivity index (χ1) is 7.79. The molecule has 0 radical (unpaired) electrons. The van der Waals surface area contributed by atoms with E-state index in [1.54, 1.807) is 0 Å². The van der Waals surface area contributed by atoms with Gasteiger partial charge in [-0.25, -0.2) is 0 Å². The Morgan fingerprint density at radius 1 is 1.31 bits per heavy atom. The maximum absolute atomic E-state index is 8.97. The number of piperazine rings is 1. The second kappa shape index (κ2) is 5.43. The first-order valence-electron chi connectivity index (χ1n) is 5.93. The van der Waals surface area contributed by atoms with Crippen molar-refractivity contribution in [1.82, 2.24) is 10.2 Å². The molecule has 3 heteroatoms. The molecule has 1 aliphatic rings. The van der Waals surface area contributed by atoms with Crippen molar-refractivity contribution < 1.29 is 5.11 Å². The molecular formula is C13H20N2O. The van der Waals surface area contributed by atoms with E-state index in [2.05, 4.69) is 29.3 Å². The van der Waals surface area contributed by atoms with Gasteiger partial charge in [0.05, 0.1) is 6.61 Å². The molecule has 2 rings (SSSR count). The molecular weight excluding hydrogens is 200 g/mol. The Bertz CT molecular complexity index is 323. The molecule has 0 amide bonds. The average molecular weight is 220 g/mol. The Morgan fingerprint density at radius 2 is 2.00 bits per heavy atom. The molecule has 1 fully saturated rings. The van der Waals surface area contributed by atoms with Crippen molar-refractivity contribution in [3.8, 4) is 0 Å². The molecule has 1 heterocycles. The van der Waals surface area contributed by atoms with Crippen LogP contribution in [0.4, 0.5) is 0 Å². The van der Waals surface area contributed by atoms with Crippen LogP contribution in [-0.4, -0.2) is 35.7 Å². The summed E-state index contributed by atoms with van der Waals surface area (Å²) in [4.78, 5) is 2.49. The van der Waals surface area contributed by atoms with Crippen molar-refractivity contribution in [2.24, 2.45) is 0 Å². The van der Waals surface area contributed by atoms with Crippen molar-refractivity contribution >= 4 is 0 Å². The Morgan fingerprint density at radius 3 is 2.62 bits per heavy atom. The van der Waals surface area contributed by atoms with Crippen LogP contribution in [0.15, 0.2) is 24.3 Å². The summed E-state index contributed by atoms with van der Waals surface area (Å²) >= 11 is 0. The standard InChI is InChI=1S/C13H20N2O/c1-11-8-14-6-7-15(11)9-12-2-4-13(10-16)5-3-12/h2-5,11,14,16H,6-10H2,1H3. The molecule has 88 valence electrons. The quantitative estimate of drug-likeness (QED) is 0.797. The highest BCUT2D eigenvalue weighted by atomic mass is 16.3. The minimum Gasteiger partial charge on any atom is -0.392 e. The smallest absolute Gasteiger partial charge is 0.0681 e. The molecule has 1 aromatic rings. The van der Waals surface area contributed by atoms with Crippen LogP contribution < -0.4 is 5.32 Å². The number of hydrogen-bond acceptors (Lipinski definition) is 3. The molecule has 0 spiro atoms. The first kappa shape index (κ1) is 11.6. The molecule has 0 aliphatic carbocycles. The molecule has 0 saturated carbocycles. The van der Waals surface area contributed by atoms with Crippen molar-refractivity contribution in [2.45, 2.75) is 26.1 Å². The van der Waals surface area contributed by atoms with E-state index >= 15 is 0 Å². The number of rotatable bonds is 3. The Hall–Kier alpha value is -0.900. The summed E-state index contributed by atoms with van der Waals surface area (Å²) in [5, 5.41) is 12.4. The maximum Gasteiger partial charge on any atom is 0.0681 e. The lowest BCUT2D eigenvalue weighted by molar-refractivity contribution is 0.165. The third-order valence-electron chi connectivity index (χ3n) is 3.23. The molecule has 1 aromatic carbocycles. The number of benzene rings is 1. The first-order valence-corrected chi connectivity index (χ1v) is 5.93. The highest BCUT2D eigenvalue weighted by Crippen LogP contribution is 2.11. The molecule has 0 aromatic heterocycles. The summed E-state index contributed by atoms with van der Waals surface area (Å²) in [7, 11) is 0. The maximum atomic E-state index is 8.97. The van der Waals surface area contributed by atoms with Gasteiger partial charge in [0.1, 0.15) is 0 Å². The number of hydrogen-bond donors (Lipinski definition) is 2. The van der Waals surface area contributed by atoms with E-state index in [9.17, 15) is 0 Å². The monoisotopic (exact) mass is 220 g/mol. The van der Waals surface area contributed by atoms with E-state index in [-0.39, 0.29) is 6.61 Å². The molecule has 1 atom stereocenters. The van der Waals surface area contributed by atoms with Gasteiger partial charge in [0.15, 0.2) is 0 Å². The normalized spacial score (nSPS) is 22.2. The molecule has 0 bridgehead atoms.